The summed E-state index contributed by atoms with van der Waals surface area (Å²) in [6, 6.07) is 6.34. The minimum absolute atomic E-state index is 0.166. The van der Waals surface area contributed by atoms with Crippen molar-refractivity contribution in [1.82, 2.24) is 0 Å². The normalized spacial score (nSPS) is 10.9. The van der Waals surface area contributed by atoms with Gasteiger partial charge in [0.1, 0.15) is 5.75 Å². The zero-order valence-electron chi connectivity index (χ0n) is 8.64. The van der Waals surface area contributed by atoms with E-state index in [-0.39, 0.29) is 18.6 Å². The van der Waals surface area contributed by atoms with E-state index in [9.17, 15) is 13.2 Å². The number of hydrogen-bond acceptors (Lipinski definition) is 2. The molecule has 0 heterocycles. The highest BCUT2D eigenvalue weighted by Crippen LogP contribution is 2.29. The molecule has 5 heteroatoms. The highest BCUT2D eigenvalue weighted by molar-refractivity contribution is 5.40. The van der Waals surface area contributed by atoms with E-state index in [1.165, 1.54) is 12.1 Å². The van der Waals surface area contributed by atoms with E-state index in [0.29, 0.717) is 11.1 Å². The van der Waals surface area contributed by atoms with Crippen molar-refractivity contribution in [3.8, 4) is 11.8 Å². The largest absolute Gasteiger partial charge is 0.573 e. The Hall–Kier alpha value is -1.70. The number of halogens is 3. The van der Waals surface area contributed by atoms with Crippen molar-refractivity contribution < 1.29 is 17.9 Å². The third-order valence-electron chi connectivity index (χ3n) is 2.08. The second-order valence-electron chi connectivity index (χ2n) is 3.26. The van der Waals surface area contributed by atoms with Crippen LogP contribution in [0.4, 0.5) is 13.2 Å². The highest BCUT2D eigenvalue weighted by Gasteiger charge is 2.32. The number of rotatable bonds is 3. The first-order chi connectivity index (χ1) is 7.44. The standard InChI is InChI=1S/C11H10F3NO/c1-8-4-2-6-10(16-11(12,13)14)9(8)5-3-7-15/h2,4,6H,3,5H2,1H3. The third-order valence-corrected chi connectivity index (χ3v) is 2.08. The molecule has 0 radical (unpaired) electrons. The summed E-state index contributed by atoms with van der Waals surface area (Å²) in [6.45, 7) is 1.69. The van der Waals surface area contributed by atoms with Crippen LogP contribution < -0.4 is 4.74 Å². The van der Waals surface area contributed by atoms with Crippen molar-refractivity contribution in [2.45, 2.75) is 26.1 Å². The topological polar surface area (TPSA) is 33.0 Å². The van der Waals surface area contributed by atoms with Crippen LogP contribution in [0.3, 0.4) is 0 Å². The Morgan fingerprint density at radius 1 is 1.38 bits per heavy atom. The molecule has 0 unspecified atom stereocenters. The fraction of sp³-hybridized carbons (Fsp3) is 0.364. The predicted octanol–water partition coefficient (Wildman–Crippen LogP) is 3.35. The summed E-state index contributed by atoms with van der Waals surface area (Å²) in [5.41, 5.74) is 1.12. The number of ether oxygens (including phenoxy) is 1. The van der Waals surface area contributed by atoms with Gasteiger partial charge >= 0.3 is 6.36 Å². The van der Waals surface area contributed by atoms with Crippen LogP contribution in [0.25, 0.3) is 0 Å². The summed E-state index contributed by atoms with van der Waals surface area (Å²) in [5, 5.41) is 8.43. The van der Waals surface area contributed by atoms with E-state index in [1.807, 2.05) is 6.07 Å². The molecule has 1 aromatic carbocycles. The van der Waals surface area contributed by atoms with Crippen molar-refractivity contribution in [3.63, 3.8) is 0 Å². The van der Waals surface area contributed by atoms with Crippen LogP contribution in [-0.2, 0) is 6.42 Å². The molecule has 0 aliphatic carbocycles. The number of aryl methyl sites for hydroxylation is 1. The molecule has 0 saturated heterocycles. The SMILES string of the molecule is Cc1cccc(OC(F)(F)F)c1CCC#N. The lowest BCUT2D eigenvalue weighted by atomic mass is 10.0. The quantitative estimate of drug-likeness (QED) is 0.796. The number of hydrogen-bond donors (Lipinski definition) is 0. The summed E-state index contributed by atoms with van der Waals surface area (Å²) >= 11 is 0. The number of nitriles is 1. The maximum Gasteiger partial charge on any atom is 0.573 e. The van der Waals surface area contributed by atoms with Crippen LogP contribution >= 0.6 is 0 Å². The van der Waals surface area contributed by atoms with Gasteiger partial charge in [-0.25, -0.2) is 0 Å². The zero-order valence-corrected chi connectivity index (χ0v) is 8.64. The van der Waals surface area contributed by atoms with Crippen LogP contribution in [0.1, 0.15) is 17.5 Å². The maximum absolute atomic E-state index is 12.1. The Morgan fingerprint density at radius 3 is 2.62 bits per heavy atom. The molecule has 1 aromatic rings. The van der Waals surface area contributed by atoms with Gasteiger partial charge in [-0.2, -0.15) is 5.26 Å². The molecule has 0 saturated carbocycles. The van der Waals surface area contributed by atoms with Gasteiger partial charge in [-0.3, -0.25) is 0 Å². The molecule has 0 aliphatic rings. The van der Waals surface area contributed by atoms with Crippen LogP contribution in [-0.4, -0.2) is 6.36 Å². The average molecular weight is 229 g/mol. The van der Waals surface area contributed by atoms with Gasteiger partial charge in [0, 0.05) is 6.42 Å². The predicted molar refractivity (Wildman–Crippen MR) is 51.8 cm³/mol. The molecule has 86 valence electrons. The van der Waals surface area contributed by atoms with E-state index < -0.39 is 6.36 Å². The Morgan fingerprint density at radius 2 is 2.06 bits per heavy atom. The van der Waals surface area contributed by atoms with Gasteiger partial charge < -0.3 is 4.74 Å². The molecule has 0 aromatic heterocycles. The Labute approximate surface area is 91.3 Å². The number of benzene rings is 1. The van der Waals surface area contributed by atoms with Crippen molar-refractivity contribution in [3.05, 3.63) is 29.3 Å². The fourth-order valence-corrected chi connectivity index (χ4v) is 1.40. The van der Waals surface area contributed by atoms with E-state index in [4.69, 9.17) is 5.26 Å². The van der Waals surface area contributed by atoms with Crippen LogP contribution in [0.2, 0.25) is 0 Å². The minimum atomic E-state index is -4.70. The monoisotopic (exact) mass is 229 g/mol. The van der Waals surface area contributed by atoms with Crippen molar-refractivity contribution in [1.29, 1.82) is 5.26 Å². The first kappa shape index (κ1) is 12.4. The van der Waals surface area contributed by atoms with Gasteiger partial charge in [0.2, 0.25) is 0 Å². The highest BCUT2D eigenvalue weighted by atomic mass is 19.4. The van der Waals surface area contributed by atoms with Crippen molar-refractivity contribution in [2.24, 2.45) is 0 Å². The summed E-state index contributed by atoms with van der Waals surface area (Å²) in [7, 11) is 0. The Bertz CT molecular complexity index is 407. The summed E-state index contributed by atoms with van der Waals surface area (Å²) < 4.78 is 40.2. The Balaban J connectivity index is 2.99. The molecule has 0 bridgehead atoms. The Kier molecular flexibility index (Phi) is 3.78. The lowest BCUT2D eigenvalue weighted by Crippen LogP contribution is -2.18. The van der Waals surface area contributed by atoms with Gasteiger partial charge in [0.25, 0.3) is 0 Å². The number of alkyl halides is 3. The molecular formula is C11H10F3NO. The van der Waals surface area contributed by atoms with E-state index in [0.717, 1.165) is 0 Å². The van der Waals surface area contributed by atoms with Gasteiger partial charge in [0.15, 0.2) is 0 Å². The first-order valence-electron chi connectivity index (χ1n) is 4.65. The second-order valence-corrected chi connectivity index (χ2v) is 3.26. The first-order valence-corrected chi connectivity index (χ1v) is 4.65. The smallest absolute Gasteiger partial charge is 0.405 e. The summed E-state index contributed by atoms with van der Waals surface area (Å²) in [5.74, 6) is -0.220. The molecule has 0 N–H and O–H groups in total. The van der Waals surface area contributed by atoms with E-state index >= 15 is 0 Å². The molecule has 0 aliphatic heterocycles. The maximum atomic E-state index is 12.1. The molecule has 2 nitrogen and oxygen atoms in total. The summed E-state index contributed by atoms with van der Waals surface area (Å²) in [6.07, 6.45) is -4.27. The van der Waals surface area contributed by atoms with Crippen LogP contribution in [0, 0.1) is 18.3 Å². The minimum Gasteiger partial charge on any atom is -0.405 e. The lowest BCUT2D eigenvalue weighted by Gasteiger charge is -2.14. The fourth-order valence-electron chi connectivity index (χ4n) is 1.40. The summed E-state index contributed by atoms with van der Waals surface area (Å²) in [4.78, 5) is 0. The second kappa shape index (κ2) is 4.88. The molecule has 16 heavy (non-hydrogen) atoms. The molecule has 0 amide bonds. The average Bonchev–Trinajstić information content (AvgIpc) is 2.14. The number of nitrogens with zero attached hydrogens (tertiary/aromatic N) is 1. The molecule has 0 fully saturated rings. The lowest BCUT2D eigenvalue weighted by molar-refractivity contribution is -0.274. The zero-order chi connectivity index (χ0) is 12.2. The van der Waals surface area contributed by atoms with Gasteiger partial charge in [-0.1, -0.05) is 12.1 Å². The van der Waals surface area contributed by atoms with E-state index in [2.05, 4.69) is 4.74 Å². The van der Waals surface area contributed by atoms with Crippen LogP contribution in [0.15, 0.2) is 18.2 Å². The molecule has 1 rings (SSSR count). The third kappa shape index (κ3) is 3.46. The van der Waals surface area contributed by atoms with Crippen LogP contribution in [0.5, 0.6) is 5.75 Å². The van der Waals surface area contributed by atoms with Crippen molar-refractivity contribution >= 4 is 0 Å². The molecular weight excluding hydrogens is 219 g/mol. The van der Waals surface area contributed by atoms with E-state index in [1.54, 1.807) is 13.0 Å². The van der Waals surface area contributed by atoms with Crippen molar-refractivity contribution in [2.75, 3.05) is 0 Å². The molecule has 0 spiro atoms. The molecule has 0 atom stereocenters. The van der Waals surface area contributed by atoms with Gasteiger partial charge in [-0.05, 0) is 30.5 Å². The van der Waals surface area contributed by atoms with Gasteiger partial charge in [-0.15, -0.1) is 13.2 Å². The van der Waals surface area contributed by atoms with Gasteiger partial charge in [0.05, 0.1) is 6.07 Å².